The summed E-state index contributed by atoms with van der Waals surface area (Å²) < 4.78 is 2.18. The lowest BCUT2D eigenvalue weighted by Crippen LogP contribution is -2.20. The summed E-state index contributed by atoms with van der Waals surface area (Å²) in [5.41, 5.74) is 3.76. The SMILES string of the molecule is Cc1ccccc1Cc1cn2c(n1)CCCC2CO. The molecule has 0 saturated carbocycles. The molecule has 3 rings (SSSR count). The standard InChI is InChI=1S/C16H20N2O/c1-12-5-2-3-6-13(12)9-14-10-18-15(11-19)7-4-8-16(18)17-14/h2-3,5-6,10,15,19H,4,7-9,11H2,1H3. The minimum absolute atomic E-state index is 0.215. The number of aryl methyl sites for hydroxylation is 2. The molecule has 1 N–H and O–H groups in total. The number of aliphatic hydroxyl groups excluding tert-OH is 1. The molecule has 2 aromatic rings. The smallest absolute Gasteiger partial charge is 0.109 e. The first kappa shape index (κ1) is 12.4. The van der Waals surface area contributed by atoms with Gasteiger partial charge in [0, 0.05) is 19.0 Å². The first-order chi connectivity index (χ1) is 9.28. The van der Waals surface area contributed by atoms with Crippen molar-refractivity contribution in [3.8, 4) is 0 Å². The van der Waals surface area contributed by atoms with E-state index in [9.17, 15) is 5.11 Å². The average Bonchev–Trinajstić information content (AvgIpc) is 2.83. The molecule has 1 aliphatic rings. The van der Waals surface area contributed by atoms with E-state index < -0.39 is 0 Å². The maximum absolute atomic E-state index is 9.43. The normalized spacial score (nSPS) is 18.3. The Morgan fingerprint density at radius 2 is 2.21 bits per heavy atom. The Hall–Kier alpha value is -1.61. The molecule has 1 aromatic carbocycles. The molecular formula is C16H20N2O. The maximum Gasteiger partial charge on any atom is 0.109 e. The highest BCUT2D eigenvalue weighted by molar-refractivity contribution is 5.29. The van der Waals surface area contributed by atoms with E-state index in [0.717, 1.165) is 37.2 Å². The monoisotopic (exact) mass is 256 g/mol. The van der Waals surface area contributed by atoms with Crippen LogP contribution in [0.5, 0.6) is 0 Å². The fourth-order valence-corrected chi connectivity index (χ4v) is 2.89. The number of aliphatic hydroxyl groups is 1. The Balaban J connectivity index is 1.87. The van der Waals surface area contributed by atoms with Crippen LogP contribution in [0.2, 0.25) is 0 Å². The number of rotatable bonds is 3. The van der Waals surface area contributed by atoms with Crippen molar-refractivity contribution in [3.05, 3.63) is 53.1 Å². The third-order valence-corrected chi connectivity index (χ3v) is 4.03. The zero-order valence-electron chi connectivity index (χ0n) is 11.3. The van der Waals surface area contributed by atoms with Gasteiger partial charge in [-0.3, -0.25) is 0 Å². The van der Waals surface area contributed by atoms with E-state index in [0.29, 0.717) is 0 Å². The molecule has 0 amide bonds. The molecule has 3 heteroatoms. The summed E-state index contributed by atoms with van der Waals surface area (Å²) in [4.78, 5) is 4.74. The van der Waals surface area contributed by atoms with E-state index in [1.165, 1.54) is 11.1 Å². The lowest BCUT2D eigenvalue weighted by Gasteiger charge is -2.22. The van der Waals surface area contributed by atoms with Gasteiger partial charge >= 0.3 is 0 Å². The van der Waals surface area contributed by atoms with Crippen LogP contribution in [-0.4, -0.2) is 21.3 Å². The van der Waals surface area contributed by atoms with E-state index in [1.54, 1.807) is 0 Å². The van der Waals surface area contributed by atoms with E-state index >= 15 is 0 Å². The molecule has 0 bridgehead atoms. The number of aromatic nitrogens is 2. The van der Waals surface area contributed by atoms with Crippen molar-refractivity contribution in [2.75, 3.05) is 6.61 Å². The minimum atomic E-state index is 0.215. The zero-order valence-corrected chi connectivity index (χ0v) is 11.3. The molecule has 1 aliphatic heterocycles. The highest BCUT2D eigenvalue weighted by atomic mass is 16.3. The molecule has 1 unspecified atom stereocenters. The van der Waals surface area contributed by atoms with Crippen LogP contribution in [0.15, 0.2) is 30.5 Å². The number of imidazole rings is 1. The van der Waals surface area contributed by atoms with Gasteiger partial charge in [0.2, 0.25) is 0 Å². The number of nitrogens with zero attached hydrogens (tertiary/aromatic N) is 2. The van der Waals surface area contributed by atoms with Crippen LogP contribution < -0.4 is 0 Å². The summed E-state index contributed by atoms with van der Waals surface area (Å²) >= 11 is 0. The number of benzene rings is 1. The third-order valence-electron chi connectivity index (χ3n) is 4.03. The lowest BCUT2D eigenvalue weighted by atomic mass is 10.0. The maximum atomic E-state index is 9.43. The van der Waals surface area contributed by atoms with Gasteiger partial charge in [0.15, 0.2) is 0 Å². The summed E-state index contributed by atoms with van der Waals surface area (Å²) in [6.45, 7) is 2.36. The van der Waals surface area contributed by atoms with Gasteiger partial charge in [-0.05, 0) is 30.9 Å². The summed E-state index contributed by atoms with van der Waals surface area (Å²) in [6, 6.07) is 8.68. The summed E-state index contributed by atoms with van der Waals surface area (Å²) in [6.07, 6.45) is 6.23. The van der Waals surface area contributed by atoms with Crippen LogP contribution in [0.1, 0.15) is 41.5 Å². The van der Waals surface area contributed by atoms with Crippen LogP contribution in [0.25, 0.3) is 0 Å². The van der Waals surface area contributed by atoms with Gasteiger partial charge in [0.05, 0.1) is 18.3 Å². The second kappa shape index (κ2) is 5.17. The molecule has 19 heavy (non-hydrogen) atoms. The van der Waals surface area contributed by atoms with Gasteiger partial charge in [0.1, 0.15) is 5.82 Å². The molecule has 0 saturated heterocycles. The van der Waals surface area contributed by atoms with Gasteiger partial charge < -0.3 is 9.67 Å². The zero-order chi connectivity index (χ0) is 13.2. The van der Waals surface area contributed by atoms with Crippen LogP contribution in [-0.2, 0) is 12.8 Å². The molecule has 0 spiro atoms. The van der Waals surface area contributed by atoms with Crippen LogP contribution in [0.4, 0.5) is 0 Å². The topological polar surface area (TPSA) is 38.0 Å². The van der Waals surface area contributed by atoms with Crippen molar-refractivity contribution in [1.82, 2.24) is 9.55 Å². The van der Waals surface area contributed by atoms with E-state index in [4.69, 9.17) is 4.98 Å². The Labute approximate surface area is 113 Å². The molecule has 1 atom stereocenters. The van der Waals surface area contributed by atoms with Crippen molar-refractivity contribution >= 4 is 0 Å². The Bertz CT molecular complexity index is 574. The van der Waals surface area contributed by atoms with Gasteiger partial charge in [-0.15, -0.1) is 0 Å². The third kappa shape index (κ3) is 2.43. The summed E-state index contributed by atoms with van der Waals surface area (Å²) in [7, 11) is 0. The first-order valence-electron chi connectivity index (χ1n) is 7.00. The largest absolute Gasteiger partial charge is 0.394 e. The molecule has 3 nitrogen and oxygen atoms in total. The van der Waals surface area contributed by atoms with E-state index in [2.05, 4.69) is 42.0 Å². The second-order valence-electron chi connectivity index (χ2n) is 5.39. The van der Waals surface area contributed by atoms with Gasteiger partial charge in [0.25, 0.3) is 0 Å². The average molecular weight is 256 g/mol. The lowest BCUT2D eigenvalue weighted by molar-refractivity contribution is 0.206. The van der Waals surface area contributed by atoms with Gasteiger partial charge in [-0.1, -0.05) is 24.3 Å². The molecule has 2 heterocycles. The fourth-order valence-electron chi connectivity index (χ4n) is 2.89. The van der Waals surface area contributed by atoms with Crippen molar-refractivity contribution in [2.45, 2.75) is 38.6 Å². The van der Waals surface area contributed by atoms with Crippen molar-refractivity contribution < 1.29 is 5.11 Å². The minimum Gasteiger partial charge on any atom is -0.394 e. The number of hydrogen-bond acceptors (Lipinski definition) is 2. The van der Waals surface area contributed by atoms with Crippen LogP contribution in [0, 0.1) is 6.92 Å². The van der Waals surface area contributed by atoms with Crippen molar-refractivity contribution in [2.24, 2.45) is 0 Å². The predicted octanol–water partition coefficient (Wildman–Crippen LogP) is 2.65. The molecule has 100 valence electrons. The quantitative estimate of drug-likeness (QED) is 0.916. The van der Waals surface area contributed by atoms with Crippen LogP contribution >= 0.6 is 0 Å². The molecule has 1 aromatic heterocycles. The van der Waals surface area contributed by atoms with Crippen molar-refractivity contribution in [1.29, 1.82) is 0 Å². The highest BCUT2D eigenvalue weighted by Crippen LogP contribution is 2.25. The Kier molecular flexibility index (Phi) is 3.38. The van der Waals surface area contributed by atoms with Crippen LogP contribution in [0.3, 0.4) is 0 Å². The van der Waals surface area contributed by atoms with Crippen molar-refractivity contribution in [3.63, 3.8) is 0 Å². The molecule has 0 aliphatic carbocycles. The molecule has 0 fully saturated rings. The summed E-state index contributed by atoms with van der Waals surface area (Å²) in [5.74, 6) is 1.13. The Morgan fingerprint density at radius 3 is 3.00 bits per heavy atom. The number of fused-ring (bicyclic) bond motifs is 1. The van der Waals surface area contributed by atoms with E-state index in [1.807, 2.05) is 0 Å². The van der Waals surface area contributed by atoms with Gasteiger partial charge in [-0.2, -0.15) is 0 Å². The predicted molar refractivity (Wildman–Crippen MR) is 75.3 cm³/mol. The fraction of sp³-hybridized carbons (Fsp3) is 0.438. The molecule has 0 radical (unpaired) electrons. The molecular weight excluding hydrogens is 236 g/mol. The van der Waals surface area contributed by atoms with Gasteiger partial charge in [-0.25, -0.2) is 4.98 Å². The number of hydrogen-bond donors (Lipinski definition) is 1. The Morgan fingerprint density at radius 1 is 1.37 bits per heavy atom. The highest BCUT2D eigenvalue weighted by Gasteiger charge is 2.20. The summed E-state index contributed by atoms with van der Waals surface area (Å²) in [5, 5.41) is 9.43. The second-order valence-corrected chi connectivity index (χ2v) is 5.39. The first-order valence-corrected chi connectivity index (χ1v) is 7.00. The van der Waals surface area contributed by atoms with E-state index in [-0.39, 0.29) is 12.6 Å².